The highest BCUT2D eigenvalue weighted by Gasteiger charge is 2.74. The van der Waals surface area contributed by atoms with Crippen LogP contribution in [0, 0.1) is 17.8 Å². The Morgan fingerprint density at radius 1 is 1.22 bits per heavy atom. The molecule has 0 aromatic rings. The summed E-state index contributed by atoms with van der Waals surface area (Å²) in [6.45, 7) is 7.76. The number of Topliss-reactive ketones (excluding diaryl/α,β-unsaturated/α-hetero) is 1. The molecule has 2 aliphatic rings. The molecule has 0 spiro atoms. The minimum atomic E-state index is -3.36. The summed E-state index contributed by atoms with van der Waals surface area (Å²) in [5, 5.41) is 0. The van der Waals surface area contributed by atoms with Crippen molar-refractivity contribution in [3.05, 3.63) is 12.2 Å². The van der Waals surface area contributed by atoms with Gasteiger partial charge in [-0.2, -0.15) is 0 Å². The van der Waals surface area contributed by atoms with Gasteiger partial charge in [0, 0.05) is 31.3 Å². The number of ether oxygens (including phenoxy) is 1. The van der Waals surface area contributed by atoms with Crippen LogP contribution in [0.25, 0.3) is 0 Å². The normalized spacial score (nSPS) is 30.7. The van der Waals surface area contributed by atoms with Crippen molar-refractivity contribution in [3.8, 4) is 0 Å². The van der Waals surface area contributed by atoms with E-state index in [4.69, 9.17) is 4.74 Å². The fraction of sp³-hybridized carbons (Fsp3) is 0.765. The van der Waals surface area contributed by atoms with Crippen molar-refractivity contribution in [3.63, 3.8) is 0 Å². The van der Waals surface area contributed by atoms with Gasteiger partial charge in [-0.1, -0.05) is 26.0 Å². The number of rotatable bonds is 6. The van der Waals surface area contributed by atoms with Gasteiger partial charge in [-0.05, 0) is 26.2 Å². The average molecular weight is 329 g/mol. The molecule has 0 unspecified atom stereocenters. The summed E-state index contributed by atoms with van der Waals surface area (Å²) in [6, 6.07) is 0. The molecule has 0 heterocycles. The summed E-state index contributed by atoms with van der Waals surface area (Å²) < 4.78 is 35.1. The molecule has 0 aromatic heterocycles. The van der Waals surface area contributed by atoms with Crippen molar-refractivity contribution >= 4 is 11.9 Å². The van der Waals surface area contributed by atoms with Gasteiger partial charge in [0.25, 0.3) is 0 Å². The Morgan fingerprint density at radius 2 is 1.78 bits per heavy atom. The van der Waals surface area contributed by atoms with Crippen molar-refractivity contribution in [1.82, 2.24) is 4.90 Å². The Kier molecular flexibility index (Phi) is 4.83. The third-order valence-corrected chi connectivity index (χ3v) is 4.84. The Morgan fingerprint density at radius 3 is 2.22 bits per heavy atom. The minimum absolute atomic E-state index is 0.0296. The van der Waals surface area contributed by atoms with Crippen molar-refractivity contribution < 1.29 is 23.1 Å². The Balaban J connectivity index is 2.39. The van der Waals surface area contributed by atoms with Crippen LogP contribution < -0.4 is 0 Å². The lowest BCUT2D eigenvalue weighted by Gasteiger charge is -2.40. The maximum Gasteiger partial charge on any atom is 0.410 e. The van der Waals surface area contributed by atoms with E-state index < -0.39 is 35.2 Å². The predicted octanol–water partition coefficient (Wildman–Crippen LogP) is 3.66. The highest BCUT2D eigenvalue weighted by Crippen LogP contribution is 2.59. The molecule has 0 saturated heterocycles. The van der Waals surface area contributed by atoms with Crippen LogP contribution in [-0.2, 0) is 9.53 Å². The fourth-order valence-electron chi connectivity index (χ4n) is 3.59. The highest BCUT2D eigenvalue weighted by molar-refractivity contribution is 5.92. The van der Waals surface area contributed by atoms with E-state index in [1.807, 2.05) is 0 Å². The Labute approximate surface area is 135 Å². The molecular weight excluding hydrogens is 304 g/mol. The van der Waals surface area contributed by atoms with E-state index in [-0.39, 0.29) is 18.8 Å². The molecule has 0 aliphatic heterocycles. The van der Waals surface area contributed by atoms with Crippen LogP contribution in [0.1, 0.15) is 40.5 Å². The molecule has 0 N–H and O–H groups in total. The quantitative estimate of drug-likeness (QED) is 0.699. The maximum atomic E-state index is 14.9. The van der Waals surface area contributed by atoms with Crippen LogP contribution in [0.3, 0.4) is 0 Å². The van der Waals surface area contributed by atoms with Gasteiger partial charge in [-0.15, -0.1) is 0 Å². The van der Waals surface area contributed by atoms with Crippen molar-refractivity contribution in [2.75, 3.05) is 13.1 Å². The molecule has 2 rings (SSSR count). The van der Waals surface area contributed by atoms with E-state index in [1.165, 1.54) is 11.0 Å². The van der Waals surface area contributed by atoms with E-state index >= 15 is 0 Å². The number of nitrogens with zero attached hydrogens (tertiary/aromatic N) is 1. The largest absolute Gasteiger partial charge is 0.428 e. The van der Waals surface area contributed by atoms with Gasteiger partial charge < -0.3 is 9.64 Å². The van der Waals surface area contributed by atoms with Gasteiger partial charge in [-0.25, -0.2) is 13.6 Å². The number of carbonyl (C=O) groups excluding carboxylic acids is 2. The molecule has 2 aliphatic carbocycles. The number of carbonyl (C=O) groups is 2. The van der Waals surface area contributed by atoms with Crippen LogP contribution in [0.5, 0.6) is 0 Å². The minimum Gasteiger partial charge on any atom is -0.428 e. The fourth-order valence-corrected chi connectivity index (χ4v) is 3.59. The zero-order valence-electron chi connectivity index (χ0n) is 14.1. The third-order valence-electron chi connectivity index (χ3n) is 4.84. The lowest BCUT2D eigenvalue weighted by Crippen LogP contribution is -2.61. The molecule has 0 aromatic carbocycles. The first-order valence-corrected chi connectivity index (χ1v) is 8.28. The highest BCUT2D eigenvalue weighted by atomic mass is 19.3. The molecule has 6 heteroatoms. The number of hydrogen-bond acceptors (Lipinski definition) is 3. The van der Waals surface area contributed by atoms with Crippen LogP contribution in [0.2, 0.25) is 0 Å². The Bertz CT molecular complexity index is 514. The van der Waals surface area contributed by atoms with Crippen LogP contribution in [-0.4, -0.2) is 41.4 Å². The molecular formula is C17H25F2NO3. The number of halogens is 2. The SMILES string of the molecule is CCN(CC)C(=O)O[C@@]1(C(=O)CC(C)C)[C@H]2C=C[C@H](C2)C1(F)F. The molecule has 2 bridgehead atoms. The first-order chi connectivity index (χ1) is 10.7. The number of amides is 1. The van der Waals surface area contributed by atoms with E-state index in [0.29, 0.717) is 13.1 Å². The summed E-state index contributed by atoms with van der Waals surface area (Å²) in [5.74, 6) is -5.89. The number of ketones is 1. The molecule has 130 valence electrons. The molecule has 0 radical (unpaired) electrons. The number of hydrogen-bond donors (Lipinski definition) is 0. The second kappa shape index (κ2) is 6.21. The molecule has 4 nitrogen and oxygen atoms in total. The second-order valence-electron chi connectivity index (χ2n) is 6.75. The summed E-state index contributed by atoms with van der Waals surface area (Å²) in [6.07, 6.45) is 2.33. The van der Waals surface area contributed by atoms with Crippen LogP contribution in [0.4, 0.5) is 13.6 Å². The zero-order chi connectivity index (χ0) is 17.4. The average Bonchev–Trinajstić information content (AvgIpc) is 3.01. The molecule has 1 fully saturated rings. The maximum absolute atomic E-state index is 14.9. The number of allylic oxidation sites excluding steroid dienone is 1. The lowest BCUT2D eigenvalue weighted by atomic mass is 9.78. The monoisotopic (exact) mass is 329 g/mol. The van der Waals surface area contributed by atoms with Gasteiger partial charge >= 0.3 is 12.0 Å². The van der Waals surface area contributed by atoms with Gasteiger partial charge in [0.05, 0.1) is 0 Å². The topological polar surface area (TPSA) is 46.6 Å². The molecule has 3 atom stereocenters. The van der Waals surface area contributed by atoms with Gasteiger partial charge in [0.2, 0.25) is 5.60 Å². The lowest BCUT2D eigenvalue weighted by molar-refractivity contribution is -0.196. The van der Waals surface area contributed by atoms with Crippen LogP contribution >= 0.6 is 0 Å². The number of alkyl halides is 2. The summed E-state index contributed by atoms with van der Waals surface area (Å²) in [5.41, 5.74) is -2.35. The van der Waals surface area contributed by atoms with E-state index in [9.17, 15) is 18.4 Å². The van der Waals surface area contributed by atoms with Gasteiger partial charge in [0.15, 0.2) is 5.78 Å². The smallest absolute Gasteiger partial charge is 0.410 e. The Hall–Kier alpha value is -1.46. The first kappa shape index (κ1) is 17.9. The summed E-state index contributed by atoms with van der Waals surface area (Å²) in [7, 11) is 0. The van der Waals surface area contributed by atoms with Gasteiger partial charge in [0.1, 0.15) is 0 Å². The first-order valence-electron chi connectivity index (χ1n) is 8.28. The molecule has 23 heavy (non-hydrogen) atoms. The molecule has 1 amide bonds. The predicted molar refractivity (Wildman–Crippen MR) is 82.3 cm³/mol. The summed E-state index contributed by atoms with van der Waals surface area (Å²) >= 11 is 0. The van der Waals surface area contributed by atoms with Gasteiger partial charge in [-0.3, -0.25) is 4.79 Å². The molecule has 1 saturated carbocycles. The third kappa shape index (κ3) is 2.66. The second-order valence-corrected chi connectivity index (χ2v) is 6.75. The van der Waals surface area contributed by atoms with E-state index in [2.05, 4.69) is 0 Å². The van der Waals surface area contributed by atoms with Crippen molar-refractivity contribution in [2.24, 2.45) is 17.8 Å². The number of fused-ring (bicyclic) bond motifs is 2. The van der Waals surface area contributed by atoms with Crippen molar-refractivity contribution in [1.29, 1.82) is 0 Å². The van der Waals surface area contributed by atoms with E-state index in [1.54, 1.807) is 33.8 Å². The summed E-state index contributed by atoms with van der Waals surface area (Å²) in [4.78, 5) is 26.3. The van der Waals surface area contributed by atoms with Crippen molar-refractivity contribution in [2.45, 2.75) is 52.1 Å². The standard InChI is InChI=1S/C17H25F2NO3/c1-5-20(6-2)15(22)23-16(14(21)9-11(3)4)12-7-8-13(10-12)17(16,18)19/h7-8,11-13H,5-6,9-10H2,1-4H3/t12-,13+,16+/m0/s1. The van der Waals surface area contributed by atoms with Crippen LogP contribution in [0.15, 0.2) is 12.2 Å². The zero-order valence-corrected chi connectivity index (χ0v) is 14.1. The van der Waals surface area contributed by atoms with E-state index in [0.717, 1.165) is 0 Å².